The SMILES string of the molecule is O=C(NCc1ccnc(N2CCCCCC2)c1)NCc1ccccc1N1CCOCC1. The van der Waals surface area contributed by atoms with E-state index in [-0.39, 0.29) is 6.03 Å². The van der Waals surface area contributed by atoms with Gasteiger partial charge in [-0.25, -0.2) is 9.78 Å². The van der Waals surface area contributed by atoms with E-state index in [0.29, 0.717) is 13.1 Å². The third-order valence-electron chi connectivity index (χ3n) is 5.98. The minimum absolute atomic E-state index is 0.162. The second kappa shape index (κ2) is 11.0. The molecule has 7 nitrogen and oxygen atoms in total. The van der Waals surface area contributed by atoms with Crippen molar-refractivity contribution in [3.05, 3.63) is 53.7 Å². The summed E-state index contributed by atoms with van der Waals surface area (Å²) in [6.45, 7) is 6.35. The third-order valence-corrected chi connectivity index (χ3v) is 5.98. The van der Waals surface area contributed by atoms with Crippen molar-refractivity contribution in [1.29, 1.82) is 0 Å². The van der Waals surface area contributed by atoms with E-state index in [9.17, 15) is 4.79 Å². The first-order valence-corrected chi connectivity index (χ1v) is 11.4. The molecule has 2 N–H and O–H groups in total. The Labute approximate surface area is 184 Å². The Balaban J connectivity index is 1.29. The number of anilines is 2. The van der Waals surface area contributed by atoms with E-state index >= 15 is 0 Å². The van der Waals surface area contributed by atoms with Gasteiger partial charge >= 0.3 is 6.03 Å². The molecule has 3 heterocycles. The summed E-state index contributed by atoms with van der Waals surface area (Å²) >= 11 is 0. The van der Waals surface area contributed by atoms with Crippen molar-refractivity contribution < 1.29 is 9.53 Å². The highest BCUT2D eigenvalue weighted by molar-refractivity contribution is 5.74. The maximum absolute atomic E-state index is 12.4. The molecule has 0 saturated carbocycles. The number of hydrogen-bond acceptors (Lipinski definition) is 5. The number of pyridine rings is 1. The first-order valence-electron chi connectivity index (χ1n) is 11.4. The first kappa shape index (κ1) is 21.4. The molecule has 0 unspecified atom stereocenters. The minimum Gasteiger partial charge on any atom is -0.378 e. The Morgan fingerprint density at radius 1 is 0.903 bits per heavy atom. The number of aromatic nitrogens is 1. The molecule has 31 heavy (non-hydrogen) atoms. The highest BCUT2D eigenvalue weighted by Crippen LogP contribution is 2.21. The second-order valence-corrected chi connectivity index (χ2v) is 8.19. The maximum atomic E-state index is 12.4. The van der Waals surface area contributed by atoms with Crippen LogP contribution in [0.15, 0.2) is 42.6 Å². The van der Waals surface area contributed by atoms with Crippen molar-refractivity contribution in [2.75, 3.05) is 49.2 Å². The lowest BCUT2D eigenvalue weighted by molar-refractivity contribution is 0.122. The average Bonchev–Trinajstić information content (AvgIpc) is 3.12. The molecule has 0 spiro atoms. The van der Waals surface area contributed by atoms with Crippen LogP contribution in [0.3, 0.4) is 0 Å². The molecule has 1 aromatic heterocycles. The number of para-hydroxylation sites is 1. The summed E-state index contributed by atoms with van der Waals surface area (Å²) < 4.78 is 5.46. The molecule has 0 aliphatic carbocycles. The van der Waals surface area contributed by atoms with Crippen LogP contribution in [0, 0.1) is 0 Å². The predicted molar refractivity (Wildman–Crippen MR) is 123 cm³/mol. The van der Waals surface area contributed by atoms with Crippen LogP contribution >= 0.6 is 0 Å². The van der Waals surface area contributed by atoms with Crippen LogP contribution in [0.4, 0.5) is 16.3 Å². The van der Waals surface area contributed by atoms with E-state index in [1.165, 1.54) is 31.4 Å². The molecular formula is C24H33N5O2. The van der Waals surface area contributed by atoms with E-state index < -0.39 is 0 Å². The number of ether oxygens (including phenoxy) is 1. The van der Waals surface area contributed by atoms with Crippen LogP contribution in [-0.2, 0) is 17.8 Å². The summed E-state index contributed by atoms with van der Waals surface area (Å²) in [5.41, 5.74) is 3.35. The van der Waals surface area contributed by atoms with Gasteiger partial charge in [-0.15, -0.1) is 0 Å². The smallest absolute Gasteiger partial charge is 0.315 e. The quantitative estimate of drug-likeness (QED) is 0.746. The molecule has 0 radical (unpaired) electrons. The van der Waals surface area contributed by atoms with Crippen LogP contribution in [0.25, 0.3) is 0 Å². The maximum Gasteiger partial charge on any atom is 0.315 e. The predicted octanol–water partition coefficient (Wildman–Crippen LogP) is 3.30. The molecule has 2 amide bonds. The van der Waals surface area contributed by atoms with E-state index in [1.54, 1.807) is 0 Å². The normalized spacial score (nSPS) is 17.2. The lowest BCUT2D eigenvalue weighted by Crippen LogP contribution is -2.38. The number of carbonyl (C=O) groups is 1. The van der Waals surface area contributed by atoms with Gasteiger partial charge in [0.1, 0.15) is 5.82 Å². The van der Waals surface area contributed by atoms with Gasteiger partial charge in [0.2, 0.25) is 0 Å². The van der Waals surface area contributed by atoms with Crippen LogP contribution in [0.5, 0.6) is 0 Å². The van der Waals surface area contributed by atoms with Gasteiger partial charge in [-0.1, -0.05) is 31.0 Å². The number of rotatable bonds is 6. The number of nitrogens with zero attached hydrogens (tertiary/aromatic N) is 3. The Hall–Kier alpha value is -2.80. The van der Waals surface area contributed by atoms with Crippen LogP contribution in [0.2, 0.25) is 0 Å². The van der Waals surface area contributed by atoms with Crippen LogP contribution in [0.1, 0.15) is 36.8 Å². The Morgan fingerprint density at radius 2 is 1.65 bits per heavy atom. The topological polar surface area (TPSA) is 69.7 Å². The van der Waals surface area contributed by atoms with Crippen molar-refractivity contribution in [2.45, 2.75) is 38.8 Å². The number of benzene rings is 1. The van der Waals surface area contributed by atoms with Gasteiger partial charge in [-0.05, 0) is 42.2 Å². The third kappa shape index (κ3) is 6.10. The van der Waals surface area contributed by atoms with Gasteiger partial charge in [0.25, 0.3) is 0 Å². The molecule has 2 saturated heterocycles. The number of amides is 2. The number of nitrogens with one attached hydrogen (secondary N) is 2. The van der Waals surface area contributed by atoms with Gasteiger partial charge in [-0.2, -0.15) is 0 Å². The fourth-order valence-corrected chi connectivity index (χ4v) is 4.24. The highest BCUT2D eigenvalue weighted by Gasteiger charge is 2.15. The van der Waals surface area contributed by atoms with E-state index in [1.807, 2.05) is 24.4 Å². The summed E-state index contributed by atoms with van der Waals surface area (Å²) in [6.07, 6.45) is 6.88. The van der Waals surface area contributed by atoms with Crippen molar-refractivity contribution in [3.8, 4) is 0 Å². The van der Waals surface area contributed by atoms with Crippen LogP contribution in [-0.4, -0.2) is 50.4 Å². The molecule has 0 bridgehead atoms. The van der Waals surface area contributed by atoms with Gasteiger partial charge in [0, 0.05) is 51.2 Å². The summed E-state index contributed by atoms with van der Waals surface area (Å²) in [7, 11) is 0. The Bertz CT molecular complexity index is 845. The summed E-state index contributed by atoms with van der Waals surface area (Å²) in [6, 6.07) is 12.1. The van der Waals surface area contributed by atoms with E-state index in [4.69, 9.17) is 4.74 Å². The van der Waals surface area contributed by atoms with Crippen molar-refractivity contribution in [3.63, 3.8) is 0 Å². The fourth-order valence-electron chi connectivity index (χ4n) is 4.24. The molecule has 2 fully saturated rings. The van der Waals surface area contributed by atoms with Gasteiger partial charge < -0.3 is 25.2 Å². The van der Waals surface area contributed by atoms with E-state index in [0.717, 1.165) is 56.3 Å². The van der Waals surface area contributed by atoms with Crippen LogP contribution < -0.4 is 20.4 Å². The molecular weight excluding hydrogens is 390 g/mol. The average molecular weight is 424 g/mol. The standard InChI is InChI=1S/C24H33N5O2/c30-24(27-19-21-7-3-4-8-22(21)28-13-15-31-16-14-28)26-18-20-9-10-25-23(17-20)29-11-5-1-2-6-12-29/h3-4,7-10,17H,1-2,5-6,11-16,18-19H2,(H2,26,27,30). The van der Waals surface area contributed by atoms with Gasteiger partial charge in [0.05, 0.1) is 13.2 Å². The number of morpholine rings is 1. The molecule has 0 atom stereocenters. The minimum atomic E-state index is -0.162. The lowest BCUT2D eigenvalue weighted by atomic mass is 10.1. The zero-order valence-electron chi connectivity index (χ0n) is 18.2. The summed E-state index contributed by atoms with van der Waals surface area (Å²) in [5.74, 6) is 1.01. The van der Waals surface area contributed by atoms with Crippen molar-refractivity contribution in [1.82, 2.24) is 15.6 Å². The van der Waals surface area contributed by atoms with Crippen molar-refractivity contribution in [2.24, 2.45) is 0 Å². The Morgan fingerprint density at radius 3 is 2.45 bits per heavy atom. The highest BCUT2D eigenvalue weighted by atomic mass is 16.5. The largest absolute Gasteiger partial charge is 0.378 e. The Kier molecular flexibility index (Phi) is 7.60. The molecule has 166 valence electrons. The monoisotopic (exact) mass is 423 g/mol. The van der Waals surface area contributed by atoms with Gasteiger partial charge in [0.15, 0.2) is 0 Å². The molecule has 2 aliphatic heterocycles. The molecule has 2 aliphatic rings. The molecule has 1 aromatic carbocycles. The zero-order valence-corrected chi connectivity index (χ0v) is 18.2. The van der Waals surface area contributed by atoms with Crippen molar-refractivity contribution >= 4 is 17.5 Å². The first-order chi connectivity index (χ1) is 15.3. The molecule has 2 aromatic rings. The zero-order chi connectivity index (χ0) is 21.3. The lowest BCUT2D eigenvalue weighted by Gasteiger charge is -2.30. The summed E-state index contributed by atoms with van der Waals surface area (Å²) in [4.78, 5) is 21.7. The fraction of sp³-hybridized carbons (Fsp3) is 0.500. The summed E-state index contributed by atoms with van der Waals surface area (Å²) in [5, 5.41) is 5.98. The second-order valence-electron chi connectivity index (χ2n) is 8.19. The van der Waals surface area contributed by atoms with E-state index in [2.05, 4.69) is 43.6 Å². The number of urea groups is 1. The van der Waals surface area contributed by atoms with Gasteiger partial charge in [-0.3, -0.25) is 0 Å². The molecule has 4 rings (SSSR count). The number of carbonyl (C=O) groups excluding carboxylic acids is 1. The number of hydrogen-bond donors (Lipinski definition) is 2. The molecule has 7 heteroatoms.